The first-order valence-electron chi connectivity index (χ1n) is 14.4. The number of carbonyl (C=O) groups is 1. The van der Waals surface area contributed by atoms with Crippen molar-refractivity contribution in [2.24, 2.45) is 11.8 Å². The second-order valence-corrected chi connectivity index (χ2v) is 14.0. The molecule has 0 aromatic heterocycles. The lowest BCUT2D eigenvalue weighted by molar-refractivity contribution is 0.00512. The van der Waals surface area contributed by atoms with Gasteiger partial charge in [-0.3, -0.25) is 4.79 Å². The number of carbonyl (C=O) groups excluding carboxylic acids is 1. The molecule has 41 heavy (non-hydrogen) atoms. The SMILES string of the molecule is C[C@@H]1[C@@H](C)C/C=C/C(O)[C@@H]2OCC[C@H]2CN2CCCCc3cc(Cl)ccc3COc3ccc(cc32)C(=O)NS1(=O)=O. The zero-order valence-corrected chi connectivity index (χ0v) is 25.2. The Morgan fingerprint density at radius 3 is 2.76 bits per heavy atom. The first-order valence-corrected chi connectivity index (χ1v) is 16.4. The highest BCUT2D eigenvalue weighted by atomic mass is 35.5. The van der Waals surface area contributed by atoms with Gasteiger partial charge in [0.05, 0.1) is 23.1 Å². The molecule has 1 amide bonds. The number of halogens is 1. The van der Waals surface area contributed by atoms with E-state index < -0.39 is 27.3 Å². The summed E-state index contributed by atoms with van der Waals surface area (Å²) in [4.78, 5) is 15.5. The number of rotatable bonds is 0. The minimum Gasteiger partial charge on any atom is -0.487 e. The highest BCUT2D eigenvalue weighted by Crippen LogP contribution is 2.35. The minimum atomic E-state index is -3.94. The number of nitrogens with one attached hydrogen (secondary N) is 1. The molecule has 222 valence electrons. The molecule has 0 saturated carbocycles. The van der Waals surface area contributed by atoms with Crippen molar-refractivity contribution in [3.05, 3.63) is 70.3 Å². The highest BCUT2D eigenvalue weighted by molar-refractivity contribution is 7.90. The predicted molar refractivity (Wildman–Crippen MR) is 160 cm³/mol. The number of aryl methyl sites for hydroxylation is 1. The van der Waals surface area contributed by atoms with Gasteiger partial charge in [-0.25, -0.2) is 13.1 Å². The van der Waals surface area contributed by atoms with Gasteiger partial charge >= 0.3 is 0 Å². The first-order chi connectivity index (χ1) is 19.6. The molecule has 8 nitrogen and oxygen atoms in total. The molecule has 3 heterocycles. The number of allylic oxidation sites excluding steroid dienone is 1. The molecular weight excluding hydrogens is 564 g/mol. The minimum absolute atomic E-state index is 0.0609. The fourth-order valence-corrected chi connectivity index (χ4v) is 7.39. The van der Waals surface area contributed by atoms with Gasteiger partial charge in [0, 0.05) is 36.2 Å². The lowest BCUT2D eigenvalue weighted by Gasteiger charge is -2.32. The molecule has 2 bridgehead atoms. The molecule has 1 unspecified atom stereocenters. The molecule has 5 rings (SSSR count). The van der Waals surface area contributed by atoms with Gasteiger partial charge in [-0.2, -0.15) is 0 Å². The second kappa shape index (κ2) is 12.7. The Hall–Kier alpha value is -2.59. The average molecular weight is 603 g/mol. The Labute approximate surface area is 247 Å². The van der Waals surface area contributed by atoms with E-state index in [4.69, 9.17) is 21.1 Å². The van der Waals surface area contributed by atoms with Crippen molar-refractivity contribution >= 4 is 33.2 Å². The Kier molecular flexibility index (Phi) is 9.28. The van der Waals surface area contributed by atoms with E-state index in [9.17, 15) is 18.3 Å². The molecule has 1 fully saturated rings. The van der Waals surface area contributed by atoms with Gasteiger partial charge in [0.25, 0.3) is 5.91 Å². The molecule has 2 N–H and O–H groups in total. The standard InChI is InChI=1S/C31H39ClN2O6S/c1-20-6-5-8-28(35)30-24(13-15-39-30)18-34-14-4-3-7-22-16-26(32)11-9-25(22)19-40-29-12-10-23(17-27(29)34)31(36)33-41(37,38)21(20)2/h5,8-12,16-17,20-21,24,28,30,35H,3-4,6-7,13-15,18-19H2,1-2H3,(H,33,36)/b8-5+/t20-,21+,24-,28?,30+/m0/s1. The third kappa shape index (κ3) is 6.91. The van der Waals surface area contributed by atoms with Crippen LogP contribution in [0.4, 0.5) is 5.69 Å². The number of aliphatic hydroxyl groups is 1. The summed E-state index contributed by atoms with van der Waals surface area (Å²) in [6.45, 7) is 5.61. The van der Waals surface area contributed by atoms with Crippen LogP contribution in [0.25, 0.3) is 0 Å². The third-order valence-electron chi connectivity index (χ3n) is 8.66. The van der Waals surface area contributed by atoms with Crippen molar-refractivity contribution in [2.45, 2.75) is 70.0 Å². The molecule has 0 radical (unpaired) electrons. The monoisotopic (exact) mass is 602 g/mol. The molecule has 1 saturated heterocycles. The van der Waals surface area contributed by atoms with Crippen LogP contribution in [-0.4, -0.2) is 56.6 Å². The number of aliphatic hydroxyl groups excluding tert-OH is 1. The van der Waals surface area contributed by atoms with Crippen LogP contribution in [0.15, 0.2) is 48.6 Å². The Morgan fingerprint density at radius 2 is 1.93 bits per heavy atom. The lowest BCUT2D eigenvalue weighted by Crippen LogP contribution is -2.40. The number of ether oxygens (including phenoxy) is 2. The molecule has 2 aromatic carbocycles. The van der Waals surface area contributed by atoms with E-state index in [1.807, 2.05) is 31.2 Å². The van der Waals surface area contributed by atoms with E-state index in [1.165, 1.54) is 0 Å². The average Bonchev–Trinajstić information content (AvgIpc) is 3.40. The summed E-state index contributed by atoms with van der Waals surface area (Å²) in [5.41, 5.74) is 3.17. The fourth-order valence-electron chi connectivity index (χ4n) is 5.91. The van der Waals surface area contributed by atoms with Crippen LogP contribution in [-0.2, 0) is 27.8 Å². The Balaban J connectivity index is 1.56. The van der Waals surface area contributed by atoms with Crippen molar-refractivity contribution in [1.29, 1.82) is 0 Å². The van der Waals surface area contributed by atoms with E-state index in [0.717, 1.165) is 42.5 Å². The Bertz CT molecular complexity index is 1400. The number of hydrogen-bond donors (Lipinski definition) is 2. The van der Waals surface area contributed by atoms with Crippen molar-refractivity contribution in [3.8, 4) is 5.75 Å². The summed E-state index contributed by atoms with van der Waals surface area (Å²) in [6.07, 6.45) is 6.28. The largest absolute Gasteiger partial charge is 0.487 e. The van der Waals surface area contributed by atoms with Gasteiger partial charge in [-0.15, -0.1) is 0 Å². The molecule has 3 aliphatic heterocycles. The molecule has 3 aliphatic rings. The van der Waals surface area contributed by atoms with Crippen LogP contribution in [0.3, 0.4) is 0 Å². The van der Waals surface area contributed by atoms with Crippen LogP contribution in [0.2, 0.25) is 5.02 Å². The summed E-state index contributed by atoms with van der Waals surface area (Å²) >= 11 is 6.29. The summed E-state index contributed by atoms with van der Waals surface area (Å²) < 4.78 is 40.9. The fraction of sp³-hybridized carbons (Fsp3) is 0.516. The summed E-state index contributed by atoms with van der Waals surface area (Å²) in [5.74, 6) is -0.274. The van der Waals surface area contributed by atoms with E-state index in [1.54, 1.807) is 31.2 Å². The summed E-state index contributed by atoms with van der Waals surface area (Å²) in [6, 6.07) is 10.9. The van der Waals surface area contributed by atoms with E-state index in [2.05, 4.69) is 9.62 Å². The van der Waals surface area contributed by atoms with Crippen LogP contribution >= 0.6 is 11.6 Å². The van der Waals surface area contributed by atoms with Crippen LogP contribution < -0.4 is 14.4 Å². The van der Waals surface area contributed by atoms with Gasteiger partial charge in [0.1, 0.15) is 12.4 Å². The third-order valence-corrected chi connectivity index (χ3v) is 10.8. The Morgan fingerprint density at radius 1 is 1.10 bits per heavy atom. The van der Waals surface area contributed by atoms with Crippen molar-refractivity contribution in [3.63, 3.8) is 0 Å². The second-order valence-electron chi connectivity index (χ2n) is 11.5. The molecule has 5 atom stereocenters. The topological polar surface area (TPSA) is 105 Å². The number of sulfonamides is 1. The molecule has 10 heteroatoms. The predicted octanol–water partition coefficient (Wildman–Crippen LogP) is 4.87. The maximum atomic E-state index is 13.3. The van der Waals surface area contributed by atoms with Crippen molar-refractivity contribution in [2.75, 3.05) is 24.6 Å². The normalized spacial score (nSPS) is 29.7. The number of hydrogen-bond acceptors (Lipinski definition) is 7. The zero-order valence-electron chi connectivity index (χ0n) is 23.6. The maximum Gasteiger partial charge on any atom is 0.264 e. The van der Waals surface area contributed by atoms with Crippen molar-refractivity contribution in [1.82, 2.24) is 4.72 Å². The first kappa shape index (κ1) is 29.9. The van der Waals surface area contributed by atoms with E-state index >= 15 is 0 Å². The van der Waals surface area contributed by atoms with Gasteiger partial charge in [-0.05, 0) is 86.4 Å². The maximum absolute atomic E-state index is 13.3. The summed E-state index contributed by atoms with van der Waals surface area (Å²) in [5, 5.41) is 10.9. The van der Waals surface area contributed by atoms with Gasteiger partial charge in [0.15, 0.2) is 0 Å². The number of benzene rings is 2. The molecular formula is C31H39ClN2O6S. The lowest BCUT2D eigenvalue weighted by atomic mass is 9.94. The number of amides is 1. The molecule has 0 aliphatic carbocycles. The van der Waals surface area contributed by atoms with Crippen LogP contribution in [0, 0.1) is 11.8 Å². The highest BCUT2D eigenvalue weighted by Gasteiger charge is 2.35. The number of fused-ring (bicyclic) bond motifs is 3. The quantitative estimate of drug-likeness (QED) is 0.415. The summed E-state index contributed by atoms with van der Waals surface area (Å²) in [7, 11) is -3.94. The zero-order chi connectivity index (χ0) is 29.1. The smallest absolute Gasteiger partial charge is 0.264 e. The number of anilines is 1. The van der Waals surface area contributed by atoms with Crippen LogP contribution in [0.1, 0.15) is 61.0 Å². The van der Waals surface area contributed by atoms with Gasteiger partial charge < -0.3 is 19.5 Å². The molecule has 2 aromatic rings. The van der Waals surface area contributed by atoms with Crippen molar-refractivity contribution < 1.29 is 27.8 Å². The number of nitrogens with zero attached hydrogens (tertiary/aromatic N) is 1. The van der Waals surface area contributed by atoms with Crippen LogP contribution in [0.5, 0.6) is 5.75 Å². The van der Waals surface area contributed by atoms with E-state index in [0.29, 0.717) is 43.5 Å². The van der Waals surface area contributed by atoms with Gasteiger partial charge in [-0.1, -0.05) is 36.7 Å². The van der Waals surface area contributed by atoms with E-state index in [-0.39, 0.29) is 23.5 Å². The van der Waals surface area contributed by atoms with Gasteiger partial charge in [0.2, 0.25) is 10.0 Å². The molecule has 0 spiro atoms.